The van der Waals surface area contributed by atoms with Crippen LogP contribution in [0.2, 0.25) is 0 Å². The molecule has 1 aromatic rings. The Bertz CT molecular complexity index is 633. The molecule has 1 N–H and O–H groups in total. The van der Waals surface area contributed by atoms with Gasteiger partial charge >= 0.3 is 11.9 Å². The summed E-state index contributed by atoms with van der Waals surface area (Å²) in [7, 11) is 0. The van der Waals surface area contributed by atoms with E-state index in [1.165, 1.54) is 11.3 Å². The predicted molar refractivity (Wildman–Crippen MR) is 88.3 cm³/mol. The Morgan fingerprint density at radius 1 is 1.29 bits per heavy atom. The molecule has 24 heavy (non-hydrogen) atoms. The monoisotopic (exact) mass is 355 g/mol. The summed E-state index contributed by atoms with van der Waals surface area (Å²) in [6.45, 7) is 5.73. The van der Waals surface area contributed by atoms with Crippen LogP contribution in [0.5, 0.6) is 0 Å². The van der Waals surface area contributed by atoms with Gasteiger partial charge in [-0.2, -0.15) is 0 Å². The Kier molecular flexibility index (Phi) is 6.33. The van der Waals surface area contributed by atoms with Gasteiger partial charge in [-0.05, 0) is 39.2 Å². The number of aryl methyl sites for hydroxylation is 1. The first-order chi connectivity index (χ1) is 11.4. The molecular weight excluding hydrogens is 334 g/mol. The number of hydrogen-bond donors (Lipinski definition) is 1. The highest BCUT2D eigenvalue weighted by molar-refractivity contribution is 7.16. The third-order valence-corrected chi connectivity index (χ3v) is 4.78. The molecule has 0 bridgehead atoms. The fourth-order valence-electron chi connectivity index (χ4n) is 2.32. The van der Waals surface area contributed by atoms with Gasteiger partial charge in [0.1, 0.15) is 5.00 Å². The molecule has 1 aliphatic rings. The van der Waals surface area contributed by atoms with Crippen molar-refractivity contribution in [2.45, 2.75) is 39.7 Å². The molecule has 1 atom stereocenters. The molecule has 0 saturated carbocycles. The lowest BCUT2D eigenvalue weighted by Gasteiger charge is -2.10. The smallest absolute Gasteiger partial charge is 0.341 e. The first-order valence-electron chi connectivity index (χ1n) is 7.79. The number of thiophene rings is 1. The minimum atomic E-state index is -0.584. The fourth-order valence-corrected chi connectivity index (χ4v) is 3.38. The van der Waals surface area contributed by atoms with E-state index in [2.05, 4.69) is 5.32 Å². The van der Waals surface area contributed by atoms with Crippen LogP contribution in [0.25, 0.3) is 0 Å². The maximum atomic E-state index is 12.1. The Morgan fingerprint density at radius 3 is 2.67 bits per heavy atom. The topological polar surface area (TPSA) is 90.9 Å². The van der Waals surface area contributed by atoms with E-state index in [0.717, 1.165) is 16.9 Å². The number of ether oxygens (including phenoxy) is 3. The van der Waals surface area contributed by atoms with E-state index in [4.69, 9.17) is 14.2 Å². The average molecular weight is 355 g/mol. The molecule has 0 radical (unpaired) electrons. The summed E-state index contributed by atoms with van der Waals surface area (Å²) in [5.74, 6) is -1.52. The van der Waals surface area contributed by atoms with E-state index in [9.17, 15) is 14.4 Å². The third-order valence-electron chi connectivity index (χ3n) is 3.66. The van der Waals surface area contributed by atoms with E-state index >= 15 is 0 Å². The largest absolute Gasteiger partial charge is 0.462 e. The summed E-state index contributed by atoms with van der Waals surface area (Å²) in [6.07, 6.45) is 0.832. The molecule has 1 aromatic heterocycles. The van der Waals surface area contributed by atoms with E-state index in [-0.39, 0.29) is 6.61 Å². The van der Waals surface area contributed by atoms with Gasteiger partial charge in [0.25, 0.3) is 5.91 Å². The molecule has 2 heterocycles. The molecule has 8 heteroatoms. The Balaban J connectivity index is 1.97. The fraction of sp³-hybridized carbons (Fsp3) is 0.562. The third kappa shape index (κ3) is 4.33. The molecule has 132 valence electrons. The van der Waals surface area contributed by atoms with Gasteiger partial charge in [0.2, 0.25) is 0 Å². The van der Waals surface area contributed by atoms with Gasteiger partial charge in [0, 0.05) is 11.5 Å². The summed E-state index contributed by atoms with van der Waals surface area (Å²) in [5.41, 5.74) is 1.11. The van der Waals surface area contributed by atoms with Crippen molar-refractivity contribution in [2.75, 3.05) is 25.1 Å². The maximum Gasteiger partial charge on any atom is 0.341 e. The molecule has 0 spiro atoms. The van der Waals surface area contributed by atoms with E-state index in [1.807, 2.05) is 6.92 Å². The van der Waals surface area contributed by atoms with Crippen LogP contribution in [0.3, 0.4) is 0 Å². The van der Waals surface area contributed by atoms with Crippen molar-refractivity contribution in [3.8, 4) is 0 Å². The van der Waals surface area contributed by atoms with Crippen LogP contribution in [0, 0.1) is 13.8 Å². The van der Waals surface area contributed by atoms with Crippen molar-refractivity contribution in [1.29, 1.82) is 0 Å². The Hall–Kier alpha value is -1.93. The number of anilines is 1. The lowest BCUT2D eigenvalue weighted by molar-refractivity contribution is -0.156. The predicted octanol–water partition coefficient (Wildman–Crippen LogP) is 2.20. The van der Waals surface area contributed by atoms with Crippen molar-refractivity contribution in [3.63, 3.8) is 0 Å². The van der Waals surface area contributed by atoms with Gasteiger partial charge in [-0.3, -0.25) is 4.79 Å². The molecule has 0 aromatic carbocycles. The normalized spacial score (nSPS) is 16.7. The van der Waals surface area contributed by atoms with Gasteiger partial charge < -0.3 is 19.5 Å². The zero-order chi connectivity index (χ0) is 17.7. The molecule has 7 nitrogen and oxygen atoms in total. The van der Waals surface area contributed by atoms with Gasteiger partial charge in [0.05, 0.1) is 12.2 Å². The summed E-state index contributed by atoms with van der Waals surface area (Å²) < 4.78 is 15.2. The van der Waals surface area contributed by atoms with Gasteiger partial charge in [-0.15, -0.1) is 11.3 Å². The second-order valence-corrected chi connectivity index (χ2v) is 6.59. The number of esters is 2. The second-order valence-electron chi connectivity index (χ2n) is 5.37. The summed E-state index contributed by atoms with van der Waals surface area (Å²) in [4.78, 5) is 36.7. The zero-order valence-corrected chi connectivity index (χ0v) is 14.8. The lowest BCUT2D eigenvalue weighted by Crippen LogP contribution is -2.27. The molecule has 1 fully saturated rings. The van der Waals surface area contributed by atoms with Crippen LogP contribution >= 0.6 is 11.3 Å². The van der Waals surface area contributed by atoms with Gasteiger partial charge in [0.15, 0.2) is 12.7 Å². The van der Waals surface area contributed by atoms with E-state index in [0.29, 0.717) is 23.6 Å². The average Bonchev–Trinajstić information content (AvgIpc) is 3.15. The number of amides is 1. The highest BCUT2D eigenvalue weighted by Gasteiger charge is 2.26. The highest BCUT2D eigenvalue weighted by Crippen LogP contribution is 2.33. The number of nitrogens with one attached hydrogen (secondary N) is 1. The van der Waals surface area contributed by atoms with Crippen LogP contribution in [0.1, 0.15) is 40.6 Å². The minimum absolute atomic E-state index is 0.250. The van der Waals surface area contributed by atoms with Crippen LogP contribution in [-0.4, -0.2) is 43.8 Å². The van der Waals surface area contributed by atoms with E-state index in [1.54, 1.807) is 13.8 Å². The quantitative estimate of drug-likeness (QED) is 0.787. The summed E-state index contributed by atoms with van der Waals surface area (Å²) in [5, 5.41) is 3.02. The molecule has 0 unspecified atom stereocenters. The van der Waals surface area contributed by atoms with Crippen LogP contribution in [-0.2, 0) is 23.8 Å². The zero-order valence-electron chi connectivity index (χ0n) is 14.0. The van der Waals surface area contributed by atoms with Crippen LogP contribution in [0.4, 0.5) is 5.00 Å². The molecule has 1 aliphatic heterocycles. The minimum Gasteiger partial charge on any atom is -0.462 e. The molecule has 1 amide bonds. The van der Waals surface area contributed by atoms with E-state index < -0.39 is 30.6 Å². The standard InChI is InChI=1S/C16H21NO6S/c1-4-21-16(20)13-9(2)10(3)24-14(13)17-12(18)8-23-15(19)11-6-5-7-22-11/h11H,4-8H2,1-3H3,(H,17,18)/t11-/m1/s1. The van der Waals surface area contributed by atoms with Crippen molar-refractivity contribution in [2.24, 2.45) is 0 Å². The Morgan fingerprint density at radius 2 is 2.04 bits per heavy atom. The molecular formula is C16H21NO6S. The van der Waals surface area contributed by atoms with Gasteiger partial charge in [-0.1, -0.05) is 0 Å². The summed E-state index contributed by atoms with van der Waals surface area (Å²) >= 11 is 1.29. The Labute approximate surface area is 144 Å². The number of carbonyl (C=O) groups excluding carboxylic acids is 3. The van der Waals surface area contributed by atoms with Crippen molar-refractivity contribution < 1.29 is 28.6 Å². The maximum absolute atomic E-state index is 12.1. The van der Waals surface area contributed by atoms with Crippen molar-refractivity contribution in [3.05, 3.63) is 16.0 Å². The van der Waals surface area contributed by atoms with Crippen molar-refractivity contribution >= 4 is 34.2 Å². The van der Waals surface area contributed by atoms with Crippen molar-refractivity contribution in [1.82, 2.24) is 0 Å². The highest BCUT2D eigenvalue weighted by atomic mass is 32.1. The molecule has 1 saturated heterocycles. The number of rotatable bonds is 6. The van der Waals surface area contributed by atoms with Crippen LogP contribution in [0.15, 0.2) is 0 Å². The van der Waals surface area contributed by atoms with Crippen LogP contribution < -0.4 is 5.32 Å². The summed E-state index contributed by atoms with van der Waals surface area (Å²) in [6, 6.07) is 0. The first-order valence-corrected chi connectivity index (χ1v) is 8.60. The number of carbonyl (C=O) groups is 3. The number of hydrogen-bond acceptors (Lipinski definition) is 7. The lowest BCUT2D eigenvalue weighted by atomic mass is 10.1. The SMILES string of the molecule is CCOC(=O)c1c(NC(=O)COC(=O)[C@H]2CCCO2)sc(C)c1C. The second kappa shape index (κ2) is 8.25. The molecule has 2 rings (SSSR count). The first kappa shape index (κ1) is 18.4. The molecule has 0 aliphatic carbocycles. The van der Waals surface area contributed by atoms with Gasteiger partial charge in [-0.25, -0.2) is 9.59 Å².